The normalized spacial score (nSPS) is 10.3. The van der Waals surface area contributed by atoms with Crippen LogP contribution in [0.25, 0.3) is 10.6 Å². The Labute approximate surface area is 112 Å². The lowest BCUT2D eigenvalue weighted by molar-refractivity contribution is -0.136. The van der Waals surface area contributed by atoms with E-state index in [-0.39, 0.29) is 12.0 Å². The molecule has 98 valence electrons. The van der Waals surface area contributed by atoms with E-state index in [4.69, 9.17) is 10.2 Å². The largest absolute Gasteiger partial charge is 0.481 e. The van der Waals surface area contributed by atoms with Crippen molar-refractivity contribution >= 4 is 23.3 Å². The van der Waals surface area contributed by atoms with Gasteiger partial charge >= 0.3 is 11.9 Å². The minimum Gasteiger partial charge on any atom is -0.481 e. The summed E-state index contributed by atoms with van der Waals surface area (Å²) in [6.45, 7) is 0. The van der Waals surface area contributed by atoms with Gasteiger partial charge in [0.15, 0.2) is 0 Å². The molecule has 0 saturated carbocycles. The summed E-state index contributed by atoms with van der Waals surface area (Å²) < 4.78 is 0. The molecular weight excluding hydrogens is 268 g/mol. The molecule has 7 heteroatoms. The van der Waals surface area contributed by atoms with Crippen LogP contribution in [-0.4, -0.2) is 32.3 Å². The summed E-state index contributed by atoms with van der Waals surface area (Å²) in [6, 6.07) is 6.40. The molecule has 0 bridgehead atoms. The molecule has 6 nitrogen and oxygen atoms in total. The van der Waals surface area contributed by atoms with Gasteiger partial charge in [-0.05, 0) is 12.1 Å². The quantitative estimate of drug-likeness (QED) is 0.866. The van der Waals surface area contributed by atoms with Gasteiger partial charge in [0, 0.05) is 12.0 Å². The SMILES string of the molecule is O=C(O)CCc1nnc(-c2cccc(C(=O)O)c2)s1. The van der Waals surface area contributed by atoms with E-state index in [1.165, 1.54) is 23.5 Å². The highest BCUT2D eigenvalue weighted by molar-refractivity contribution is 7.14. The molecule has 0 aliphatic heterocycles. The molecule has 0 aliphatic rings. The van der Waals surface area contributed by atoms with Crippen molar-refractivity contribution in [2.24, 2.45) is 0 Å². The third-order valence-electron chi connectivity index (χ3n) is 2.38. The number of hydrogen-bond acceptors (Lipinski definition) is 5. The number of aliphatic carboxylic acids is 1. The first kappa shape index (κ1) is 13.2. The van der Waals surface area contributed by atoms with Crippen molar-refractivity contribution in [1.82, 2.24) is 10.2 Å². The van der Waals surface area contributed by atoms with Crippen LogP contribution in [0.1, 0.15) is 21.8 Å². The van der Waals surface area contributed by atoms with Gasteiger partial charge < -0.3 is 10.2 Å². The Hall–Kier alpha value is -2.28. The molecule has 0 fully saturated rings. The molecule has 0 radical (unpaired) electrons. The number of benzene rings is 1. The number of nitrogens with zero attached hydrogens (tertiary/aromatic N) is 2. The van der Waals surface area contributed by atoms with E-state index in [0.717, 1.165) is 0 Å². The minimum atomic E-state index is -1.00. The molecule has 0 saturated heterocycles. The Balaban J connectivity index is 2.20. The molecule has 1 aromatic heterocycles. The Morgan fingerprint density at radius 3 is 2.68 bits per heavy atom. The fourth-order valence-corrected chi connectivity index (χ4v) is 2.31. The number of hydrogen-bond donors (Lipinski definition) is 2. The lowest BCUT2D eigenvalue weighted by Gasteiger charge is -1.97. The first-order valence-electron chi connectivity index (χ1n) is 5.44. The number of aryl methyl sites for hydroxylation is 1. The summed E-state index contributed by atoms with van der Waals surface area (Å²) in [7, 11) is 0. The van der Waals surface area contributed by atoms with Crippen LogP contribution >= 0.6 is 11.3 Å². The van der Waals surface area contributed by atoms with Crippen molar-refractivity contribution in [3.05, 3.63) is 34.8 Å². The van der Waals surface area contributed by atoms with E-state index in [1.807, 2.05) is 0 Å². The highest BCUT2D eigenvalue weighted by Crippen LogP contribution is 2.24. The molecule has 2 rings (SSSR count). The number of carboxylic acids is 2. The third-order valence-corrected chi connectivity index (χ3v) is 3.41. The standard InChI is InChI=1S/C12H10N2O4S/c15-10(16)5-4-9-13-14-11(19-9)7-2-1-3-8(6-7)12(17)18/h1-3,6H,4-5H2,(H,15,16)(H,17,18). The maximum absolute atomic E-state index is 10.9. The average molecular weight is 278 g/mol. The molecule has 19 heavy (non-hydrogen) atoms. The van der Waals surface area contributed by atoms with Gasteiger partial charge in [-0.2, -0.15) is 0 Å². The van der Waals surface area contributed by atoms with Crippen LogP contribution in [0.2, 0.25) is 0 Å². The zero-order chi connectivity index (χ0) is 13.8. The maximum atomic E-state index is 10.9. The van der Waals surface area contributed by atoms with Crippen LogP contribution in [0.3, 0.4) is 0 Å². The van der Waals surface area contributed by atoms with Crippen molar-refractivity contribution in [1.29, 1.82) is 0 Å². The van der Waals surface area contributed by atoms with Crippen LogP contribution in [-0.2, 0) is 11.2 Å². The monoisotopic (exact) mass is 278 g/mol. The third kappa shape index (κ3) is 3.35. The Kier molecular flexibility index (Phi) is 3.86. The van der Waals surface area contributed by atoms with Crippen molar-refractivity contribution in [2.75, 3.05) is 0 Å². The van der Waals surface area contributed by atoms with E-state index in [0.29, 0.717) is 22.0 Å². The van der Waals surface area contributed by atoms with Gasteiger partial charge in [-0.1, -0.05) is 23.5 Å². The molecule has 0 spiro atoms. The maximum Gasteiger partial charge on any atom is 0.335 e. The van der Waals surface area contributed by atoms with Crippen molar-refractivity contribution in [3.8, 4) is 10.6 Å². The number of carboxylic acid groups (broad SMARTS) is 2. The fourth-order valence-electron chi connectivity index (χ4n) is 1.47. The van der Waals surface area contributed by atoms with Gasteiger partial charge in [0.25, 0.3) is 0 Å². The molecule has 2 N–H and O–H groups in total. The summed E-state index contributed by atoms with van der Waals surface area (Å²) in [5.41, 5.74) is 0.846. The molecular formula is C12H10N2O4S. The molecule has 1 aromatic carbocycles. The zero-order valence-corrected chi connectivity index (χ0v) is 10.6. The number of aromatic nitrogens is 2. The number of rotatable bonds is 5. The van der Waals surface area contributed by atoms with Gasteiger partial charge in [-0.15, -0.1) is 10.2 Å². The zero-order valence-electron chi connectivity index (χ0n) is 9.74. The lowest BCUT2D eigenvalue weighted by Crippen LogP contribution is -1.96. The van der Waals surface area contributed by atoms with E-state index in [9.17, 15) is 9.59 Å². The smallest absolute Gasteiger partial charge is 0.335 e. The average Bonchev–Trinajstić information content (AvgIpc) is 2.85. The Morgan fingerprint density at radius 2 is 2.00 bits per heavy atom. The molecule has 0 amide bonds. The first-order chi connectivity index (χ1) is 9.06. The van der Waals surface area contributed by atoms with Crippen LogP contribution in [0, 0.1) is 0 Å². The Morgan fingerprint density at radius 1 is 1.21 bits per heavy atom. The molecule has 0 unspecified atom stereocenters. The van der Waals surface area contributed by atoms with Gasteiger partial charge in [-0.3, -0.25) is 4.79 Å². The number of aromatic carboxylic acids is 1. The van der Waals surface area contributed by atoms with Crippen molar-refractivity contribution in [2.45, 2.75) is 12.8 Å². The molecule has 1 heterocycles. The lowest BCUT2D eigenvalue weighted by atomic mass is 10.1. The van der Waals surface area contributed by atoms with Crippen LogP contribution < -0.4 is 0 Å². The van der Waals surface area contributed by atoms with Crippen LogP contribution in [0.15, 0.2) is 24.3 Å². The highest BCUT2D eigenvalue weighted by Gasteiger charge is 2.10. The second kappa shape index (κ2) is 5.57. The highest BCUT2D eigenvalue weighted by atomic mass is 32.1. The van der Waals surface area contributed by atoms with E-state index in [1.54, 1.807) is 12.1 Å². The topological polar surface area (TPSA) is 100 Å². The Bertz CT molecular complexity index is 624. The first-order valence-corrected chi connectivity index (χ1v) is 6.26. The van der Waals surface area contributed by atoms with Crippen molar-refractivity contribution in [3.63, 3.8) is 0 Å². The van der Waals surface area contributed by atoms with Crippen LogP contribution in [0.4, 0.5) is 0 Å². The van der Waals surface area contributed by atoms with E-state index in [2.05, 4.69) is 10.2 Å². The summed E-state index contributed by atoms with van der Waals surface area (Å²) in [4.78, 5) is 21.3. The van der Waals surface area contributed by atoms with Gasteiger partial charge in [-0.25, -0.2) is 4.79 Å². The predicted molar refractivity (Wildman–Crippen MR) is 68.3 cm³/mol. The second-order valence-electron chi connectivity index (χ2n) is 3.78. The van der Waals surface area contributed by atoms with Crippen molar-refractivity contribution < 1.29 is 19.8 Å². The predicted octanol–water partition coefficient (Wildman–Crippen LogP) is 1.92. The molecule has 0 atom stereocenters. The number of carbonyl (C=O) groups is 2. The van der Waals surface area contributed by atoms with Gasteiger partial charge in [0.05, 0.1) is 12.0 Å². The molecule has 2 aromatic rings. The molecule has 0 aliphatic carbocycles. The van der Waals surface area contributed by atoms with Crippen LogP contribution in [0.5, 0.6) is 0 Å². The van der Waals surface area contributed by atoms with E-state index >= 15 is 0 Å². The fraction of sp³-hybridized carbons (Fsp3) is 0.167. The summed E-state index contributed by atoms with van der Waals surface area (Å²) in [5.74, 6) is -1.89. The van der Waals surface area contributed by atoms with Gasteiger partial charge in [0.1, 0.15) is 10.0 Å². The summed E-state index contributed by atoms with van der Waals surface area (Å²) >= 11 is 1.27. The minimum absolute atomic E-state index is 0.00377. The van der Waals surface area contributed by atoms with E-state index < -0.39 is 11.9 Å². The second-order valence-corrected chi connectivity index (χ2v) is 4.84. The summed E-state index contributed by atoms with van der Waals surface area (Å²) in [5, 5.41) is 26.6. The van der Waals surface area contributed by atoms with Gasteiger partial charge in [0.2, 0.25) is 0 Å². The summed E-state index contributed by atoms with van der Waals surface area (Å²) in [6.07, 6.45) is 0.329.